The van der Waals surface area contributed by atoms with Crippen molar-refractivity contribution in [1.29, 1.82) is 0 Å². The van der Waals surface area contributed by atoms with Gasteiger partial charge in [0, 0.05) is 38.3 Å². The second kappa shape index (κ2) is 9.35. The summed E-state index contributed by atoms with van der Waals surface area (Å²) in [6, 6.07) is 60.2. The summed E-state index contributed by atoms with van der Waals surface area (Å²) in [5, 5.41) is 5.16. The van der Waals surface area contributed by atoms with Crippen LogP contribution in [0.15, 0.2) is 164 Å². The van der Waals surface area contributed by atoms with Gasteiger partial charge in [-0.1, -0.05) is 140 Å². The predicted molar refractivity (Wildman–Crippen MR) is 192 cm³/mol. The first-order valence-corrected chi connectivity index (χ1v) is 15.6. The summed E-state index contributed by atoms with van der Waals surface area (Å²) < 4.78 is 5.11. The normalized spacial score (nSPS) is 12.4. The average molecular weight is 571 g/mol. The summed E-state index contributed by atoms with van der Waals surface area (Å²) in [6.45, 7) is -0.00115. The molecular weight excluding hydrogens is 543 g/mol. The predicted octanol–water partition coefficient (Wildman–Crippen LogP) is 9.19. The molecule has 1 aliphatic rings. The number of benzene rings is 7. The summed E-state index contributed by atoms with van der Waals surface area (Å²) in [7, 11) is 0. The lowest BCUT2D eigenvalue weighted by Crippen LogP contribution is -2.53. The Hall–Kier alpha value is -5.80. The van der Waals surface area contributed by atoms with Crippen LogP contribution in [0, 0.1) is 0 Å². The summed E-state index contributed by atoms with van der Waals surface area (Å²) in [4.78, 5) is 0. The SMILES string of the molecule is c1ccc(-c2ccc3c4ccc(-c5ccccc5)cc4n(B4c5ccccc5-n5c6ccccc6c6cccc4c65)c3c2)cc1. The van der Waals surface area contributed by atoms with Crippen LogP contribution in [-0.4, -0.2) is 15.9 Å². The van der Waals surface area contributed by atoms with Gasteiger partial charge in [0.15, 0.2) is 0 Å². The molecule has 45 heavy (non-hydrogen) atoms. The van der Waals surface area contributed by atoms with Crippen LogP contribution in [-0.2, 0) is 0 Å². The molecule has 3 heteroatoms. The third-order valence-electron chi connectivity index (χ3n) is 9.77. The lowest BCUT2D eigenvalue weighted by molar-refractivity contribution is 1.18. The molecule has 10 rings (SSSR count). The van der Waals surface area contributed by atoms with Crippen LogP contribution in [0.3, 0.4) is 0 Å². The van der Waals surface area contributed by atoms with E-state index in [4.69, 9.17) is 0 Å². The fourth-order valence-corrected chi connectivity index (χ4v) is 7.83. The van der Waals surface area contributed by atoms with Crippen LogP contribution in [0.5, 0.6) is 0 Å². The van der Waals surface area contributed by atoms with Gasteiger partial charge in [0.1, 0.15) is 0 Å². The summed E-state index contributed by atoms with van der Waals surface area (Å²) in [5.41, 5.74) is 13.9. The largest absolute Gasteiger partial charge is 0.376 e. The van der Waals surface area contributed by atoms with Crippen molar-refractivity contribution in [3.8, 4) is 27.9 Å². The second-order valence-electron chi connectivity index (χ2n) is 12.1. The topological polar surface area (TPSA) is 9.86 Å². The monoisotopic (exact) mass is 570 g/mol. The van der Waals surface area contributed by atoms with Crippen LogP contribution in [0.4, 0.5) is 0 Å². The molecule has 2 aromatic heterocycles. The third kappa shape index (κ3) is 3.47. The Morgan fingerprint density at radius 3 is 1.58 bits per heavy atom. The van der Waals surface area contributed by atoms with Crippen molar-refractivity contribution in [2.75, 3.05) is 0 Å². The van der Waals surface area contributed by atoms with Gasteiger partial charge in [-0.3, -0.25) is 0 Å². The van der Waals surface area contributed by atoms with Gasteiger partial charge in [0.05, 0.1) is 11.0 Å². The molecule has 2 nitrogen and oxygen atoms in total. The zero-order valence-corrected chi connectivity index (χ0v) is 24.6. The Morgan fingerprint density at radius 2 is 0.889 bits per heavy atom. The Morgan fingerprint density at radius 1 is 0.356 bits per heavy atom. The molecule has 0 amide bonds. The standard InChI is InChI=1S/C42H27BN2/c1-3-12-28(13-4-1)30-22-24-33-34-25-23-31(29-14-5-2-6-15-29)27-41(34)45(40(33)26-30)43-36-18-8-10-21-39(36)44-38-20-9-7-16-32(38)35-17-11-19-37(43)42(35)44/h1-27H. The average Bonchev–Trinajstić information content (AvgIpc) is 3.62. The minimum atomic E-state index is -0.00115. The highest BCUT2D eigenvalue weighted by Crippen LogP contribution is 2.38. The van der Waals surface area contributed by atoms with E-state index in [9.17, 15) is 0 Å². The molecule has 208 valence electrons. The quantitative estimate of drug-likeness (QED) is 0.188. The van der Waals surface area contributed by atoms with E-state index in [0.717, 1.165) is 0 Å². The molecule has 0 aliphatic carbocycles. The Bertz CT molecular complexity index is 2500. The molecule has 9 aromatic rings. The minimum absolute atomic E-state index is 0.00115. The van der Waals surface area contributed by atoms with Gasteiger partial charge >= 0.3 is 6.85 Å². The van der Waals surface area contributed by atoms with Crippen LogP contribution in [0.1, 0.15) is 0 Å². The van der Waals surface area contributed by atoms with Gasteiger partial charge in [0.2, 0.25) is 0 Å². The van der Waals surface area contributed by atoms with Gasteiger partial charge in [-0.2, -0.15) is 0 Å². The lowest BCUT2D eigenvalue weighted by atomic mass is 9.48. The molecule has 0 saturated carbocycles. The van der Waals surface area contributed by atoms with E-state index in [1.165, 1.54) is 82.5 Å². The van der Waals surface area contributed by atoms with E-state index in [-0.39, 0.29) is 6.85 Å². The molecule has 7 aromatic carbocycles. The molecule has 0 bridgehead atoms. The highest BCUT2D eigenvalue weighted by molar-refractivity contribution is 6.88. The number of fused-ring (bicyclic) bond motifs is 8. The van der Waals surface area contributed by atoms with Crippen molar-refractivity contribution in [3.05, 3.63) is 164 Å². The molecule has 0 N–H and O–H groups in total. The Labute approximate surface area is 261 Å². The lowest BCUT2D eigenvalue weighted by Gasteiger charge is -2.28. The maximum absolute atomic E-state index is 2.62. The van der Waals surface area contributed by atoms with Crippen LogP contribution < -0.4 is 10.9 Å². The smallest absolute Gasteiger partial charge is 0.332 e. The van der Waals surface area contributed by atoms with Crippen molar-refractivity contribution in [3.63, 3.8) is 0 Å². The second-order valence-corrected chi connectivity index (χ2v) is 12.1. The fourth-order valence-electron chi connectivity index (χ4n) is 7.83. The summed E-state index contributed by atoms with van der Waals surface area (Å²) in [5.74, 6) is 0. The number of para-hydroxylation sites is 3. The van der Waals surface area contributed by atoms with E-state index < -0.39 is 0 Å². The van der Waals surface area contributed by atoms with Crippen molar-refractivity contribution in [2.24, 2.45) is 0 Å². The fraction of sp³-hybridized carbons (Fsp3) is 0. The molecule has 0 spiro atoms. The van der Waals surface area contributed by atoms with Gasteiger partial charge in [-0.05, 0) is 57.4 Å². The molecule has 0 atom stereocenters. The van der Waals surface area contributed by atoms with Crippen molar-refractivity contribution in [2.45, 2.75) is 0 Å². The maximum Gasteiger partial charge on any atom is 0.332 e. The molecule has 1 aliphatic heterocycles. The molecule has 0 radical (unpaired) electrons. The number of rotatable bonds is 3. The first-order chi connectivity index (χ1) is 22.3. The zero-order chi connectivity index (χ0) is 29.5. The van der Waals surface area contributed by atoms with Crippen LogP contribution in [0.2, 0.25) is 0 Å². The minimum Gasteiger partial charge on any atom is -0.376 e. The Kier molecular flexibility index (Phi) is 5.12. The van der Waals surface area contributed by atoms with Crippen molar-refractivity contribution < 1.29 is 0 Å². The van der Waals surface area contributed by atoms with Crippen molar-refractivity contribution in [1.82, 2.24) is 9.05 Å². The number of hydrogen-bond donors (Lipinski definition) is 0. The highest BCUT2D eigenvalue weighted by Gasteiger charge is 2.36. The van der Waals surface area contributed by atoms with E-state index in [1.807, 2.05) is 0 Å². The van der Waals surface area contributed by atoms with E-state index >= 15 is 0 Å². The van der Waals surface area contributed by atoms with E-state index in [0.29, 0.717) is 0 Å². The third-order valence-corrected chi connectivity index (χ3v) is 9.77. The Balaban J connectivity index is 1.36. The first-order valence-electron chi connectivity index (χ1n) is 15.6. The number of nitrogens with zero attached hydrogens (tertiary/aromatic N) is 2. The van der Waals surface area contributed by atoms with Gasteiger partial charge in [0.25, 0.3) is 0 Å². The summed E-state index contributed by atoms with van der Waals surface area (Å²) >= 11 is 0. The number of aromatic nitrogens is 2. The molecule has 0 saturated heterocycles. The first kappa shape index (κ1) is 24.6. The van der Waals surface area contributed by atoms with Gasteiger partial charge in [-0.25, -0.2) is 0 Å². The maximum atomic E-state index is 2.62. The van der Waals surface area contributed by atoms with Gasteiger partial charge < -0.3 is 9.05 Å². The molecular formula is C42H27BN2. The zero-order valence-electron chi connectivity index (χ0n) is 24.6. The molecule has 3 heterocycles. The van der Waals surface area contributed by atoms with Crippen molar-refractivity contribution >= 4 is 61.4 Å². The van der Waals surface area contributed by atoms with Crippen LogP contribution in [0.25, 0.3) is 71.6 Å². The molecule has 0 unspecified atom stereocenters. The highest BCUT2D eigenvalue weighted by atomic mass is 15.0. The number of hydrogen-bond acceptors (Lipinski definition) is 0. The van der Waals surface area contributed by atoms with Crippen LogP contribution >= 0.6 is 0 Å². The summed E-state index contributed by atoms with van der Waals surface area (Å²) in [6.07, 6.45) is 0. The van der Waals surface area contributed by atoms with E-state index in [2.05, 4.69) is 173 Å². The van der Waals surface area contributed by atoms with Gasteiger partial charge in [-0.15, -0.1) is 0 Å². The van der Waals surface area contributed by atoms with E-state index in [1.54, 1.807) is 0 Å². The molecule has 0 fully saturated rings.